The number of aliphatic hydroxyl groups excluding tert-OH is 1. The van der Waals surface area contributed by atoms with E-state index in [0.29, 0.717) is 5.56 Å². The molecule has 80 valence electrons. The molecule has 0 aliphatic rings. The lowest BCUT2D eigenvalue weighted by molar-refractivity contribution is 0.265. The Balaban J connectivity index is 3.23. The van der Waals surface area contributed by atoms with Crippen molar-refractivity contribution in [1.82, 2.24) is 0 Å². The highest BCUT2D eigenvalue weighted by Crippen LogP contribution is 2.29. The van der Waals surface area contributed by atoms with E-state index in [1.807, 2.05) is 13.8 Å². The van der Waals surface area contributed by atoms with Crippen LogP contribution in [-0.4, -0.2) is 16.8 Å². The third-order valence-corrected chi connectivity index (χ3v) is 2.37. The van der Waals surface area contributed by atoms with Crippen LogP contribution in [0.1, 0.15) is 22.7 Å². The van der Waals surface area contributed by atoms with E-state index in [1.165, 1.54) is 0 Å². The van der Waals surface area contributed by atoms with Gasteiger partial charge < -0.3 is 10.2 Å². The van der Waals surface area contributed by atoms with Gasteiger partial charge in [-0.15, -0.1) is 0 Å². The predicted molar refractivity (Wildman–Crippen MR) is 56.6 cm³/mol. The molecule has 1 rings (SSSR count). The van der Waals surface area contributed by atoms with E-state index in [1.54, 1.807) is 12.1 Å². The molecule has 1 aromatic rings. The second-order valence-corrected chi connectivity index (χ2v) is 3.40. The molecule has 0 amide bonds. The van der Waals surface area contributed by atoms with Gasteiger partial charge >= 0.3 is 0 Å². The Labute approximate surface area is 87.6 Å². The van der Waals surface area contributed by atoms with Gasteiger partial charge in [0.2, 0.25) is 0 Å². The molecule has 0 fully saturated rings. The van der Waals surface area contributed by atoms with E-state index in [9.17, 15) is 5.11 Å². The lowest BCUT2D eigenvalue weighted by Crippen LogP contribution is -2.01. The highest BCUT2D eigenvalue weighted by Gasteiger charge is 2.13. The van der Waals surface area contributed by atoms with Crippen molar-refractivity contribution in [2.24, 2.45) is 5.11 Å². The van der Waals surface area contributed by atoms with Gasteiger partial charge in [-0.3, -0.25) is 0 Å². The first-order valence-corrected chi connectivity index (χ1v) is 4.55. The molecule has 15 heavy (non-hydrogen) atoms. The molecule has 2 N–H and O–H groups in total. The quantitative estimate of drug-likeness (QED) is 0.452. The summed E-state index contributed by atoms with van der Waals surface area (Å²) in [6, 6.07) is 2.59. The highest BCUT2D eigenvalue weighted by molar-refractivity contribution is 5.42. The van der Waals surface area contributed by atoms with Crippen LogP contribution in [0.15, 0.2) is 17.2 Å². The molecule has 0 heterocycles. The summed E-state index contributed by atoms with van der Waals surface area (Å²) in [7, 11) is 0. The molecule has 0 saturated heterocycles. The van der Waals surface area contributed by atoms with Gasteiger partial charge in [-0.05, 0) is 36.6 Å². The maximum atomic E-state index is 9.65. The molecule has 1 unspecified atom stereocenters. The first kappa shape index (κ1) is 11.4. The summed E-state index contributed by atoms with van der Waals surface area (Å²) in [5, 5.41) is 22.1. The second kappa shape index (κ2) is 4.68. The third-order valence-electron chi connectivity index (χ3n) is 2.37. The van der Waals surface area contributed by atoms with E-state index in [4.69, 9.17) is 10.6 Å². The van der Waals surface area contributed by atoms with Gasteiger partial charge in [0.1, 0.15) is 5.75 Å². The zero-order valence-electron chi connectivity index (χ0n) is 8.68. The summed E-state index contributed by atoms with van der Waals surface area (Å²) >= 11 is 0. The zero-order chi connectivity index (χ0) is 11.4. The van der Waals surface area contributed by atoms with Crippen LogP contribution in [0.3, 0.4) is 0 Å². The Hall–Kier alpha value is -1.71. The first-order valence-electron chi connectivity index (χ1n) is 4.55. The standard InChI is InChI=1S/C10H13N3O2/c1-6-3-8(9(5-14)12-13-11)10(15)4-7(6)2/h3-4,9,14-15H,5H2,1-2H3. The number of benzene rings is 1. The Morgan fingerprint density at radius 1 is 1.40 bits per heavy atom. The molecule has 0 aromatic heterocycles. The van der Waals surface area contributed by atoms with Crippen LogP contribution in [0.25, 0.3) is 10.4 Å². The van der Waals surface area contributed by atoms with Crippen molar-refractivity contribution in [3.8, 4) is 5.75 Å². The van der Waals surface area contributed by atoms with Crippen molar-refractivity contribution in [3.63, 3.8) is 0 Å². The van der Waals surface area contributed by atoms with Gasteiger partial charge in [0.05, 0.1) is 12.6 Å². The van der Waals surface area contributed by atoms with Crippen molar-refractivity contribution in [2.75, 3.05) is 6.61 Å². The van der Waals surface area contributed by atoms with Gasteiger partial charge in [-0.1, -0.05) is 11.2 Å². The number of hydrogen-bond acceptors (Lipinski definition) is 3. The van der Waals surface area contributed by atoms with Crippen LogP contribution < -0.4 is 0 Å². The van der Waals surface area contributed by atoms with Crippen LogP contribution in [0, 0.1) is 13.8 Å². The fourth-order valence-electron chi connectivity index (χ4n) is 1.35. The van der Waals surface area contributed by atoms with Crippen molar-refractivity contribution >= 4 is 0 Å². The summed E-state index contributed by atoms with van der Waals surface area (Å²) in [5.74, 6) is 0.0459. The molecule has 5 nitrogen and oxygen atoms in total. The minimum atomic E-state index is -0.728. The van der Waals surface area contributed by atoms with Crippen LogP contribution in [0.4, 0.5) is 0 Å². The molecular weight excluding hydrogens is 194 g/mol. The van der Waals surface area contributed by atoms with Crippen LogP contribution in [-0.2, 0) is 0 Å². The van der Waals surface area contributed by atoms with Crippen LogP contribution in [0.5, 0.6) is 5.75 Å². The largest absolute Gasteiger partial charge is 0.508 e. The summed E-state index contributed by atoms with van der Waals surface area (Å²) in [6.45, 7) is 3.45. The number of hydrogen-bond donors (Lipinski definition) is 2. The van der Waals surface area contributed by atoms with Crippen molar-refractivity contribution in [2.45, 2.75) is 19.9 Å². The van der Waals surface area contributed by atoms with E-state index >= 15 is 0 Å². The summed E-state index contributed by atoms with van der Waals surface area (Å²) < 4.78 is 0. The molecule has 1 aromatic carbocycles. The molecule has 0 aliphatic heterocycles. The minimum absolute atomic E-state index is 0.0459. The number of aliphatic hydroxyl groups is 1. The molecule has 0 bridgehead atoms. The minimum Gasteiger partial charge on any atom is -0.508 e. The molecule has 0 spiro atoms. The molecule has 0 radical (unpaired) electrons. The maximum Gasteiger partial charge on any atom is 0.119 e. The van der Waals surface area contributed by atoms with Gasteiger partial charge in [0, 0.05) is 10.5 Å². The predicted octanol–water partition coefficient (Wildman–Crippen LogP) is 2.35. The number of aromatic hydroxyl groups is 1. The normalized spacial score (nSPS) is 11.9. The SMILES string of the molecule is Cc1cc(O)c(C(CO)N=[N+]=[N-])cc1C. The Morgan fingerprint density at radius 2 is 2.00 bits per heavy atom. The summed E-state index contributed by atoms with van der Waals surface area (Å²) in [4.78, 5) is 2.63. The third kappa shape index (κ3) is 2.40. The number of phenols is 1. The Morgan fingerprint density at radius 3 is 2.53 bits per heavy atom. The summed E-state index contributed by atoms with van der Waals surface area (Å²) in [6.07, 6.45) is 0. The number of azide groups is 1. The van der Waals surface area contributed by atoms with Crippen molar-refractivity contribution in [3.05, 3.63) is 39.3 Å². The number of phenolic OH excluding ortho intramolecular Hbond substituents is 1. The lowest BCUT2D eigenvalue weighted by Gasteiger charge is -2.12. The topological polar surface area (TPSA) is 89.2 Å². The molecule has 1 atom stereocenters. The number of nitrogens with zero attached hydrogens (tertiary/aromatic N) is 3. The second-order valence-electron chi connectivity index (χ2n) is 3.40. The lowest BCUT2D eigenvalue weighted by atomic mass is 10.0. The van der Waals surface area contributed by atoms with Crippen molar-refractivity contribution < 1.29 is 10.2 Å². The maximum absolute atomic E-state index is 9.65. The Bertz CT molecular complexity index is 411. The van der Waals surface area contributed by atoms with E-state index in [2.05, 4.69) is 10.0 Å². The number of aryl methyl sites for hydroxylation is 2. The molecule has 5 heteroatoms. The fraction of sp³-hybridized carbons (Fsp3) is 0.400. The van der Waals surface area contributed by atoms with Gasteiger partial charge in [-0.25, -0.2) is 0 Å². The van der Waals surface area contributed by atoms with Crippen LogP contribution in [0.2, 0.25) is 0 Å². The van der Waals surface area contributed by atoms with Crippen molar-refractivity contribution in [1.29, 1.82) is 0 Å². The number of rotatable bonds is 3. The summed E-state index contributed by atoms with van der Waals surface area (Å²) in [5.41, 5.74) is 10.7. The fourth-order valence-corrected chi connectivity index (χ4v) is 1.35. The van der Waals surface area contributed by atoms with Crippen LogP contribution >= 0.6 is 0 Å². The van der Waals surface area contributed by atoms with E-state index in [0.717, 1.165) is 11.1 Å². The average Bonchev–Trinajstić information content (AvgIpc) is 2.20. The molecule has 0 aliphatic carbocycles. The average molecular weight is 207 g/mol. The Kier molecular flexibility index (Phi) is 3.55. The molecular formula is C10H13N3O2. The van der Waals surface area contributed by atoms with Gasteiger partial charge in [0.25, 0.3) is 0 Å². The zero-order valence-corrected chi connectivity index (χ0v) is 8.68. The highest BCUT2D eigenvalue weighted by atomic mass is 16.3. The monoisotopic (exact) mass is 207 g/mol. The molecule has 0 saturated carbocycles. The smallest absolute Gasteiger partial charge is 0.119 e. The van der Waals surface area contributed by atoms with Gasteiger partial charge in [-0.2, -0.15) is 0 Å². The first-order chi connectivity index (χ1) is 7.10. The van der Waals surface area contributed by atoms with Gasteiger partial charge in [0.15, 0.2) is 0 Å². The van der Waals surface area contributed by atoms with E-state index < -0.39 is 6.04 Å². The van der Waals surface area contributed by atoms with E-state index in [-0.39, 0.29) is 12.4 Å².